The molecule has 0 amide bonds. The molecule has 6 rings (SSSR count). The maximum absolute atomic E-state index is 14.5. The molecule has 1 atom stereocenters. The Bertz CT molecular complexity index is 2250. The van der Waals surface area contributed by atoms with Crippen LogP contribution in [0.5, 0.6) is 17.2 Å². The van der Waals surface area contributed by atoms with Gasteiger partial charge in [-0.25, -0.2) is 9.79 Å². The van der Waals surface area contributed by atoms with Crippen molar-refractivity contribution in [2.75, 3.05) is 20.8 Å². The average molecular weight is 916 g/mol. The normalized spacial score (nSPS) is 14.2. The number of ether oxygens (including phenoxy) is 4. The van der Waals surface area contributed by atoms with E-state index in [0.29, 0.717) is 44.4 Å². The lowest BCUT2D eigenvalue weighted by atomic mass is 9.93. The highest BCUT2D eigenvalue weighted by Crippen LogP contribution is 2.39. The van der Waals surface area contributed by atoms with Crippen LogP contribution in [0.3, 0.4) is 0 Å². The van der Waals surface area contributed by atoms with Crippen LogP contribution >= 0.6 is 65.8 Å². The van der Waals surface area contributed by atoms with Crippen molar-refractivity contribution in [2.45, 2.75) is 19.6 Å². The summed E-state index contributed by atoms with van der Waals surface area (Å²) in [5.74, 6) is 1.05. The SMILES string of the molecule is CCOC(=O)C1=C(c2ccccc2)N=c2s/c(=C\c3cc(Br)cc(I)c3OCc3ccc(Br)cc3)c(=O)n2[C@H]1c1ccc(OC)c(OC)c1. The molecule has 0 N–H and O–H groups in total. The molecule has 0 saturated heterocycles. The molecule has 0 fully saturated rings. The van der Waals surface area contributed by atoms with Gasteiger partial charge in [0.25, 0.3) is 5.56 Å². The second kappa shape index (κ2) is 15.4. The summed E-state index contributed by atoms with van der Waals surface area (Å²) in [6.45, 7) is 2.24. The van der Waals surface area contributed by atoms with Crippen LogP contribution in [0.2, 0.25) is 0 Å². The Morgan fingerprint density at radius 3 is 2.39 bits per heavy atom. The van der Waals surface area contributed by atoms with Crippen molar-refractivity contribution >= 4 is 83.5 Å². The van der Waals surface area contributed by atoms with E-state index in [1.165, 1.54) is 11.3 Å². The van der Waals surface area contributed by atoms with E-state index in [4.69, 9.17) is 23.9 Å². The second-order valence-electron chi connectivity index (χ2n) is 10.8. The fraction of sp³-hybridized carbons (Fsp3) is 0.162. The standard InChI is InChI=1S/C37H29Br2IN2O6S/c1-4-47-36(44)31-32(22-8-6-5-7-9-22)41-37-42(33(31)23-12-15-28(45-2)29(17-23)46-3)35(43)30(49-37)18-24-16-26(39)19-27(40)34(24)48-20-21-10-13-25(38)14-11-21/h5-19,33H,4,20H2,1-3H3/b30-18-/t33-/m0/s1. The van der Waals surface area contributed by atoms with Crippen LogP contribution < -0.4 is 29.1 Å². The fourth-order valence-electron chi connectivity index (χ4n) is 5.50. The third kappa shape index (κ3) is 7.42. The number of thiazole rings is 1. The van der Waals surface area contributed by atoms with Gasteiger partial charge in [-0.2, -0.15) is 0 Å². The van der Waals surface area contributed by atoms with Crippen molar-refractivity contribution in [3.05, 3.63) is 145 Å². The summed E-state index contributed by atoms with van der Waals surface area (Å²) >= 11 is 10.6. The van der Waals surface area contributed by atoms with Gasteiger partial charge in [-0.05, 0) is 83.1 Å². The highest BCUT2D eigenvalue weighted by Gasteiger charge is 2.35. The van der Waals surface area contributed by atoms with Gasteiger partial charge >= 0.3 is 5.97 Å². The van der Waals surface area contributed by atoms with Crippen LogP contribution in [-0.2, 0) is 16.1 Å². The Morgan fingerprint density at radius 2 is 1.69 bits per heavy atom. The van der Waals surface area contributed by atoms with Crippen molar-refractivity contribution in [1.82, 2.24) is 4.57 Å². The molecule has 12 heteroatoms. The predicted octanol–water partition coefficient (Wildman–Crippen LogP) is 7.66. The third-order valence-corrected chi connectivity index (χ3v) is 10.5. The van der Waals surface area contributed by atoms with Gasteiger partial charge in [-0.1, -0.05) is 91.7 Å². The number of carbonyl (C=O) groups is 1. The molecule has 0 spiro atoms. The number of fused-ring (bicyclic) bond motifs is 1. The smallest absolute Gasteiger partial charge is 0.338 e. The fourth-order valence-corrected chi connectivity index (χ4v) is 8.46. The van der Waals surface area contributed by atoms with Gasteiger partial charge in [0.1, 0.15) is 12.4 Å². The highest BCUT2D eigenvalue weighted by atomic mass is 127. The van der Waals surface area contributed by atoms with Gasteiger partial charge < -0.3 is 18.9 Å². The van der Waals surface area contributed by atoms with Crippen LogP contribution in [0.15, 0.2) is 109 Å². The van der Waals surface area contributed by atoms with E-state index >= 15 is 0 Å². The zero-order valence-corrected chi connectivity index (χ0v) is 32.7. The molecule has 8 nitrogen and oxygen atoms in total. The lowest BCUT2D eigenvalue weighted by Crippen LogP contribution is -2.40. The van der Waals surface area contributed by atoms with E-state index in [-0.39, 0.29) is 17.7 Å². The quantitative estimate of drug-likeness (QED) is 0.106. The Morgan fingerprint density at radius 1 is 0.959 bits per heavy atom. The van der Waals surface area contributed by atoms with E-state index in [2.05, 4.69) is 54.5 Å². The van der Waals surface area contributed by atoms with Crippen molar-refractivity contribution in [2.24, 2.45) is 4.99 Å². The molecule has 5 aromatic rings. The summed E-state index contributed by atoms with van der Waals surface area (Å²) < 4.78 is 27.8. The molecule has 49 heavy (non-hydrogen) atoms. The number of benzene rings is 4. The molecule has 2 heterocycles. The predicted molar refractivity (Wildman–Crippen MR) is 206 cm³/mol. The number of rotatable bonds is 10. The largest absolute Gasteiger partial charge is 0.493 e. The maximum Gasteiger partial charge on any atom is 0.338 e. The minimum atomic E-state index is -0.872. The Hall–Kier alpha value is -3.72. The van der Waals surface area contributed by atoms with Gasteiger partial charge in [0, 0.05) is 20.1 Å². The van der Waals surface area contributed by atoms with Crippen LogP contribution in [0, 0.1) is 3.57 Å². The molecule has 0 bridgehead atoms. The zero-order valence-electron chi connectivity index (χ0n) is 26.5. The topological polar surface area (TPSA) is 88.4 Å². The molecule has 1 aliphatic heterocycles. The molecule has 0 unspecified atom stereocenters. The molecule has 250 valence electrons. The summed E-state index contributed by atoms with van der Waals surface area (Å²) in [5, 5.41) is 0. The first-order valence-corrected chi connectivity index (χ1v) is 18.6. The second-order valence-corrected chi connectivity index (χ2v) is 14.8. The highest BCUT2D eigenvalue weighted by molar-refractivity contribution is 14.1. The molecule has 0 saturated carbocycles. The van der Waals surface area contributed by atoms with E-state index < -0.39 is 12.0 Å². The molecule has 1 aromatic heterocycles. The number of hydrogen-bond donors (Lipinski definition) is 0. The molecule has 0 radical (unpaired) electrons. The summed E-state index contributed by atoms with van der Waals surface area (Å²) in [6.07, 6.45) is 1.82. The van der Waals surface area contributed by atoms with E-state index in [1.807, 2.05) is 78.9 Å². The number of nitrogens with zero attached hydrogens (tertiary/aromatic N) is 2. The van der Waals surface area contributed by atoms with Crippen molar-refractivity contribution in [3.63, 3.8) is 0 Å². The zero-order chi connectivity index (χ0) is 34.7. The maximum atomic E-state index is 14.5. The molecule has 4 aromatic carbocycles. The van der Waals surface area contributed by atoms with Gasteiger partial charge in [0.05, 0.1) is 46.2 Å². The summed E-state index contributed by atoms with van der Waals surface area (Å²) in [7, 11) is 3.10. The molecule has 1 aliphatic rings. The Balaban J connectivity index is 1.58. The van der Waals surface area contributed by atoms with E-state index in [9.17, 15) is 9.59 Å². The molecule has 0 aliphatic carbocycles. The third-order valence-electron chi connectivity index (χ3n) is 7.72. The Kier molecular flexibility index (Phi) is 11.1. The summed E-state index contributed by atoms with van der Waals surface area (Å²) in [5.41, 5.74) is 3.44. The van der Waals surface area contributed by atoms with Gasteiger partial charge in [-0.3, -0.25) is 9.36 Å². The van der Waals surface area contributed by atoms with Crippen LogP contribution in [0.25, 0.3) is 11.8 Å². The lowest BCUT2D eigenvalue weighted by molar-refractivity contribution is -0.138. The minimum absolute atomic E-state index is 0.151. The average Bonchev–Trinajstić information content (AvgIpc) is 3.41. The number of aromatic nitrogens is 1. The monoisotopic (exact) mass is 914 g/mol. The first kappa shape index (κ1) is 35.1. The minimum Gasteiger partial charge on any atom is -0.493 e. The van der Waals surface area contributed by atoms with Gasteiger partial charge in [0.2, 0.25) is 0 Å². The van der Waals surface area contributed by atoms with Crippen molar-refractivity contribution in [1.29, 1.82) is 0 Å². The lowest BCUT2D eigenvalue weighted by Gasteiger charge is -2.26. The van der Waals surface area contributed by atoms with Crippen LogP contribution in [-0.4, -0.2) is 31.4 Å². The number of halogens is 3. The number of carbonyl (C=O) groups excluding carboxylic acids is 1. The molecular weight excluding hydrogens is 887 g/mol. The summed E-state index contributed by atoms with van der Waals surface area (Å²) in [6, 6.07) is 25.7. The number of hydrogen-bond acceptors (Lipinski definition) is 8. The van der Waals surface area contributed by atoms with Gasteiger partial charge in [0.15, 0.2) is 16.3 Å². The van der Waals surface area contributed by atoms with Gasteiger partial charge in [-0.15, -0.1) is 0 Å². The number of methoxy groups -OCH3 is 2. The van der Waals surface area contributed by atoms with Crippen molar-refractivity contribution < 1.29 is 23.7 Å². The first-order chi connectivity index (χ1) is 23.7. The first-order valence-electron chi connectivity index (χ1n) is 15.1. The van der Waals surface area contributed by atoms with Crippen molar-refractivity contribution in [3.8, 4) is 17.2 Å². The Labute approximate surface area is 317 Å². The van der Waals surface area contributed by atoms with E-state index in [0.717, 1.165) is 29.2 Å². The number of esters is 1. The van der Waals surface area contributed by atoms with Crippen LogP contribution in [0.4, 0.5) is 0 Å². The van der Waals surface area contributed by atoms with E-state index in [1.54, 1.807) is 37.8 Å². The summed E-state index contributed by atoms with van der Waals surface area (Å²) in [4.78, 5) is 33.8. The van der Waals surface area contributed by atoms with Crippen LogP contribution in [0.1, 0.15) is 35.2 Å². The molecular formula is C37H29Br2IN2O6S.